The van der Waals surface area contributed by atoms with Gasteiger partial charge in [-0.25, -0.2) is 17.1 Å². The summed E-state index contributed by atoms with van der Waals surface area (Å²) in [5.41, 5.74) is 5.87. The van der Waals surface area contributed by atoms with E-state index in [1.807, 2.05) is 13.8 Å². The fourth-order valence-corrected chi connectivity index (χ4v) is 4.08. The number of carbonyl (C=O) groups is 1. The molecule has 0 spiro atoms. The topological polar surface area (TPSA) is 83.7 Å². The highest BCUT2D eigenvalue weighted by molar-refractivity contribution is 7.89. The van der Waals surface area contributed by atoms with Gasteiger partial charge in [0.2, 0.25) is 10.0 Å². The van der Waals surface area contributed by atoms with Crippen molar-refractivity contribution in [1.29, 1.82) is 0 Å². The minimum Gasteiger partial charge on any atom is -0.339 e. The van der Waals surface area contributed by atoms with Crippen LogP contribution in [0.4, 0.5) is 4.39 Å². The zero-order valence-electron chi connectivity index (χ0n) is 15.6. The lowest BCUT2D eigenvalue weighted by Crippen LogP contribution is -2.34. The van der Waals surface area contributed by atoms with E-state index in [1.54, 1.807) is 4.90 Å². The van der Waals surface area contributed by atoms with Crippen LogP contribution in [0.5, 0.6) is 0 Å². The highest BCUT2D eigenvalue weighted by Gasteiger charge is 2.26. The number of likely N-dealkylation sites (tertiary alicyclic amines) is 1. The molecule has 1 unspecified atom stereocenters. The van der Waals surface area contributed by atoms with Gasteiger partial charge in [-0.1, -0.05) is 13.8 Å². The fourth-order valence-electron chi connectivity index (χ4n) is 2.88. The minimum absolute atomic E-state index is 0.0877. The number of sulfonamides is 1. The van der Waals surface area contributed by atoms with Gasteiger partial charge in [-0.3, -0.25) is 4.79 Å². The number of nitrogens with zero attached hydrogens (tertiary/aromatic N) is 2. The zero-order chi connectivity index (χ0) is 19.5. The van der Waals surface area contributed by atoms with Crippen molar-refractivity contribution in [2.75, 3.05) is 26.7 Å². The van der Waals surface area contributed by atoms with E-state index >= 15 is 0 Å². The number of benzene rings is 1. The first-order chi connectivity index (χ1) is 12.1. The van der Waals surface area contributed by atoms with E-state index in [0.717, 1.165) is 18.9 Å². The first-order valence-corrected chi connectivity index (χ1v) is 10.4. The van der Waals surface area contributed by atoms with Crippen LogP contribution in [0.3, 0.4) is 0 Å². The zero-order valence-corrected chi connectivity index (χ0v) is 16.4. The van der Waals surface area contributed by atoms with Crippen molar-refractivity contribution in [1.82, 2.24) is 9.21 Å². The molecule has 8 heteroatoms. The molecule has 1 heterocycles. The smallest absolute Gasteiger partial charge is 0.256 e. The Balaban J connectivity index is 2.14. The third kappa shape index (κ3) is 4.61. The molecule has 0 aliphatic carbocycles. The van der Waals surface area contributed by atoms with E-state index in [1.165, 1.54) is 23.5 Å². The third-order valence-electron chi connectivity index (χ3n) is 4.91. The van der Waals surface area contributed by atoms with E-state index < -0.39 is 15.8 Å². The fraction of sp³-hybridized carbons (Fsp3) is 0.611. The van der Waals surface area contributed by atoms with Crippen molar-refractivity contribution in [2.45, 2.75) is 44.0 Å². The summed E-state index contributed by atoms with van der Waals surface area (Å²) in [4.78, 5) is 13.7. The van der Waals surface area contributed by atoms with Crippen LogP contribution < -0.4 is 5.73 Å². The van der Waals surface area contributed by atoms with Gasteiger partial charge in [0.1, 0.15) is 5.82 Å². The maximum Gasteiger partial charge on any atom is 0.256 e. The molecule has 1 amide bonds. The normalized spacial score (nSPS) is 16.5. The lowest BCUT2D eigenvalue weighted by atomic mass is 10.0. The van der Waals surface area contributed by atoms with Crippen molar-refractivity contribution < 1.29 is 17.6 Å². The Morgan fingerprint density at radius 2 is 1.92 bits per heavy atom. The largest absolute Gasteiger partial charge is 0.339 e. The van der Waals surface area contributed by atoms with Gasteiger partial charge in [-0.15, -0.1) is 0 Å². The van der Waals surface area contributed by atoms with Crippen molar-refractivity contribution in [3.63, 3.8) is 0 Å². The molecule has 1 fully saturated rings. The van der Waals surface area contributed by atoms with Gasteiger partial charge in [0.15, 0.2) is 0 Å². The second-order valence-corrected chi connectivity index (χ2v) is 9.21. The number of rotatable bonds is 7. The van der Waals surface area contributed by atoms with E-state index in [0.29, 0.717) is 19.5 Å². The molecule has 0 bridgehead atoms. The molecule has 0 aromatic heterocycles. The predicted octanol–water partition coefficient (Wildman–Crippen LogP) is 2.06. The first kappa shape index (κ1) is 20.8. The van der Waals surface area contributed by atoms with E-state index in [4.69, 9.17) is 5.73 Å². The molecule has 1 aliphatic heterocycles. The molecule has 2 N–H and O–H groups in total. The maximum atomic E-state index is 14.4. The van der Waals surface area contributed by atoms with Crippen molar-refractivity contribution >= 4 is 15.9 Å². The summed E-state index contributed by atoms with van der Waals surface area (Å²) in [6, 6.07) is 3.37. The van der Waals surface area contributed by atoms with Gasteiger partial charge in [0, 0.05) is 32.7 Å². The molecule has 146 valence electrons. The molecular weight excluding hydrogens is 357 g/mol. The van der Waals surface area contributed by atoms with E-state index in [9.17, 15) is 17.6 Å². The lowest BCUT2D eigenvalue weighted by Gasteiger charge is -2.21. The van der Waals surface area contributed by atoms with Crippen LogP contribution in [0.25, 0.3) is 0 Å². The Labute approximate surface area is 155 Å². The van der Waals surface area contributed by atoms with Crippen LogP contribution in [0.2, 0.25) is 0 Å². The lowest BCUT2D eigenvalue weighted by molar-refractivity contribution is 0.0788. The number of hydrogen-bond acceptors (Lipinski definition) is 4. The Kier molecular flexibility index (Phi) is 6.76. The highest BCUT2D eigenvalue weighted by atomic mass is 32.2. The summed E-state index contributed by atoms with van der Waals surface area (Å²) < 4.78 is 40.8. The van der Waals surface area contributed by atoms with Gasteiger partial charge >= 0.3 is 0 Å². The average molecular weight is 386 g/mol. The van der Waals surface area contributed by atoms with Gasteiger partial charge in [0.05, 0.1) is 10.5 Å². The second kappa shape index (κ2) is 8.45. The third-order valence-corrected chi connectivity index (χ3v) is 6.76. The van der Waals surface area contributed by atoms with E-state index in [2.05, 4.69) is 0 Å². The maximum absolute atomic E-state index is 14.4. The second-order valence-electron chi connectivity index (χ2n) is 7.16. The first-order valence-electron chi connectivity index (χ1n) is 8.95. The number of amides is 1. The molecule has 1 atom stereocenters. The standard InChI is InChI=1S/C18H28FN3O3S/c1-13(2)17(20)8-11-21(3)26(24,25)14-6-7-15(16(19)12-14)18(23)22-9-4-5-10-22/h6-7,12-13,17H,4-5,8-11,20H2,1-3H3. The Hall–Kier alpha value is -1.51. The number of nitrogens with two attached hydrogens (primary N) is 1. The molecule has 0 radical (unpaired) electrons. The van der Waals surface area contributed by atoms with Crippen molar-refractivity contribution in [3.8, 4) is 0 Å². The summed E-state index contributed by atoms with van der Waals surface area (Å²) in [5.74, 6) is -0.949. The Morgan fingerprint density at radius 1 is 1.31 bits per heavy atom. The molecule has 1 saturated heterocycles. The van der Waals surface area contributed by atoms with Crippen LogP contribution in [0.15, 0.2) is 23.1 Å². The van der Waals surface area contributed by atoms with Crippen LogP contribution in [-0.2, 0) is 10.0 Å². The minimum atomic E-state index is -3.83. The van der Waals surface area contributed by atoms with E-state index in [-0.39, 0.29) is 34.9 Å². The average Bonchev–Trinajstić information content (AvgIpc) is 3.12. The number of carbonyl (C=O) groups excluding carboxylic acids is 1. The van der Waals surface area contributed by atoms with Gasteiger partial charge in [-0.2, -0.15) is 0 Å². The number of hydrogen-bond donors (Lipinski definition) is 1. The summed E-state index contributed by atoms with van der Waals surface area (Å²) in [6.07, 6.45) is 2.33. The quantitative estimate of drug-likeness (QED) is 0.779. The molecule has 2 rings (SSSR count). The van der Waals surface area contributed by atoms with Crippen LogP contribution in [0.1, 0.15) is 43.5 Å². The summed E-state index contributed by atoms with van der Waals surface area (Å²) >= 11 is 0. The predicted molar refractivity (Wildman–Crippen MR) is 98.8 cm³/mol. The van der Waals surface area contributed by atoms with Gasteiger partial charge in [0.25, 0.3) is 5.91 Å². The highest BCUT2D eigenvalue weighted by Crippen LogP contribution is 2.21. The van der Waals surface area contributed by atoms with Gasteiger partial charge < -0.3 is 10.6 Å². The summed E-state index contributed by atoms with van der Waals surface area (Å²) in [5, 5.41) is 0. The summed E-state index contributed by atoms with van der Waals surface area (Å²) in [6.45, 7) is 5.42. The molecule has 1 aliphatic rings. The van der Waals surface area contributed by atoms with Crippen molar-refractivity contribution in [2.24, 2.45) is 11.7 Å². The molecule has 1 aromatic rings. The summed E-state index contributed by atoms with van der Waals surface area (Å²) in [7, 11) is -2.38. The van der Waals surface area contributed by atoms with Gasteiger partial charge in [-0.05, 0) is 43.4 Å². The molecule has 26 heavy (non-hydrogen) atoms. The van der Waals surface area contributed by atoms with Crippen LogP contribution in [0, 0.1) is 11.7 Å². The van der Waals surface area contributed by atoms with Crippen molar-refractivity contribution in [3.05, 3.63) is 29.6 Å². The van der Waals surface area contributed by atoms with Crippen LogP contribution in [-0.4, -0.2) is 56.3 Å². The molecule has 6 nitrogen and oxygen atoms in total. The molecule has 1 aromatic carbocycles. The Morgan fingerprint density at radius 3 is 2.46 bits per heavy atom. The molecule has 0 saturated carbocycles. The Bertz CT molecular complexity index is 746. The van der Waals surface area contributed by atoms with Crippen LogP contribution >= 0.6 is 0 Å². The number of halogens is 1. The molecular formula is C18H28FN3O3S. The SMILES string of the molecule is CC(C)C(N)CCN(C)S(=O)(=O)c1ccc(C(=O)N2CCCC2)c(F)c1. The monoisotopic (exact) mass is 385 g/mol.